The van der Waals surface area contributed by atoms with Gasteiger partial charge in [0.1, 0.15) is 0 Å². The Labute approximate surface area is 74.2 Å². The molecule has 0 aliphatic heterocycles. The van der Waals surface area contributed by atoms with E-state index in [0.717, 1.165) is 4.88 Å². The van der Waals surface area contributed by atoms with Gasteiger partial charge in [-0.1, -0.05) is 11.3 Å². The van der Waals surface area contributed by atoms with Crippen molar-refractivity contribution in [1.82, 2.24) is 0 Å². The fraction of sp³-hybridized carbons (Fsp3) is 0.429. The minimum Gasteiger partial charge on any atom is -0.328 e. The minimum absolute atomic E-state index is 0.0586. The molecule has 5 heteroatoms. The van der Waals surface area contributed by atoms with Crippen LogP contribution in [0.5, 0.6) is 0 Å². The van der Waals surface area contributed by atoms with Gasteiger partial charge in [0.2, 0.25) is 0 Å². The fourth-order valence-electron chi connectivity index (χ4n) is 0.892. The first-order valence-corrected chi connectivity index (χ1v) is 4.40. The summed E-state index contributed by atoms with van der Waals surface area (Å²) in [6.45, 7) is 1.88. The van der Waals surface area contributed by atoms with E-state index in [-0.39, 0.29) is 16.0 Å². The van der Waals surface area contributed by atoms with Crippen molar-refractivity contribution in [3.05, 3.63) is 27.1 Å². The quantitative estimate of drug-likeness (QED) is 0.575. The van der Waals surface area contributed by atoms with E-state index in [1.54, 1.807) is 6.07 Å². The van der Waals surface area contributed by atoms with Gasteiger partial charge in [0, 0.05) is 17.0 Å². The fourth-order valence-corrected chi connectivity index (χ4v) is 1.85. The lowest BCUT2D eigenvalue weighted by Gasteiger charge is -1.99. The third-order valence-corrected chi connectivity index (χ3v) is 2.41. The van der Waals surface area contributed by atoms with Gasteiger partial charge in [0.05, 0.1) is 4.92 Å². The maximum atomic E-state index is 10.3. The molecule has 0 saturated heterocycles. The second-order valence-electron chi connectivity index (χ2n) is 2.68. The average molecular weight is 186 g/mol. The van der Waals surface area contributed by atoms with Crippen molar-refractivity contribution >= 4 is 16.3 Å². The summed E-state index contributed by atoms with van der Waals surface area (Å²) in [6.07, 6.45) is 0.707. The molecule has 66 valence electrons. The summed E-state index contributed by atoms with van der Waals surface area (Å²) >= 11 is 1.19. The van der Waals surface area contributed by atoms with Crippen molar-refractivity contribution in [2.24, 2.45) is 5.73 Å². The van der Waals surface area contributed by atoms with Crippen molar-refractivity contribution in [2.75, 3.05) is 0 Å². The first kappa shape index (κ1) is 9.15. The summed E-state index contributed by atoms with van der Waals surface area (Å²) in [7, 11) is 0. The van der Waals surface area contributed by atoms with Gasteiger partial charge in [0.15, 0.2) is 0 Å². The normalized spacial score (nSPS) is 12.8. The number of thiophene rings is 1. The smallest absolute Gasteiger partial charge is 0.324 e. The van der Waals surface area contributed by atoms with Gasteiger partial charge in [-0.2, -0.15) is 0 Å². The van der Waals surface area contributed by atoms with Gasteiger partial charge in [-0.25, -0.2) is 0 Å². The monoisotopic (exact) mass is 186 g/mol. The van der Waals surface area contributed by atoms with Crippen LogP contribution >= 0.6 is 11.3 Å². The van der Waals surface area contributed by atoms with Crippen LogP contribution in [0.15, 0.2) is 12.1 Å². The number of hydrogen-bond acceptors (Lipinski definition) is 4. The number of hydrogen-bond donors (Lipinski definition) is 1. The van der Waals surface area contributed by atoms with Gasteiger partial charge in [-0.15, -0.1) is 0 Å². The van der Waals surface area contributed by atoms with E-state index in [2.05, 4.69) is 0 Å². The molecule has 0 bridgehead atoms. The van der Waals surface area contributed by atoms with E-state index in [0.29, 0.717) is 6.42 Å². The predicted molar refractivity (Wildman–Crippen MR) is 48.3 cm³/mol. The average Bonchev–Trinajstić information content (AvgIpc) is 2.34. The Morgan fingerprint density at radius 3 is 2.83 bits per heavy atom. The maximum Gasteiger partial charge on any atom is 0.324 e. The van der Waals surface area contributed by atoms with Crippen molar-refractivity contribution in [2.45, 2.75) is 19.4 Å². The lowest BCUT2D eigenvalue weighted by Crippen LogP contribution is -2.16. The minimum atomic E-state index is -0.380. The molecule has 0 amide bonds. The van der Waals surface area contributed by atoms with Crippen LogP contribution in [-0.2, 0) is 6.42 Å². The molecule has 4 nitrogen and oxygen atoms in total. The highest BCUT2D eigenvalue weighted by atomic mass is 32.1. The van der Waals surface area contributed by atoms with Gasteiger partial charge < -0.3 is 5.73 Å². The predicted octanol–water partition coefficient (Wildman–Crippen LogP) is 1.55. The molecule has 0 radical (unpaired) electrons. The molecule has 0 aliphatic carbocycles. The molecule has 0 aliphatic rings. The topological polar surface area (TPSA) is 69.2 Å². The molecule has 0 saturated carbocycles. The van der Waals surface area contributed by atoms with E-state index in [9.17, 15) is 10.1 Å². The Hall–Kier alpha value is -0.940. The van der Waals surface area contributed by atoms with Crippen molar-refractivity contribution in [3.63, 3.8) is 0 Å². The molecule has 1 rings (SSSR count). The molecule has 0 spiro atoms. The van der Waals surface area contributed by atoms with E-state index < -0.39 is 0 Å². The summed E-state index contributed by atoms with van der Waals surface area (Å²) in [5.41, 5.74) is 5.55. The Kier molecular flexibility index (Phi) is 2.78. The van der Waals surface area contributed by atoms with Crippen LogP contribution in [0.2, 0.25) is 0 Å². The van der Waals surface area contributed by atoms with E-state index >= 15 is 0 Å². The van der Waals surface area contributed by atoms with Crippen LogP contribution in [0.25, 0.3) is 0 Å². The second-order valence-corrected chi connectivity index (χ2v) is 3.83. The van der Waals surface area contributed by atoms with Crippen LogP contribution in [0.3, 0.4) is 0 Å². The Morgan fingerprint density at radius 2 is 2.42 bits per heavy atom. The molecule has 0 fully saturated rings. The van der Waals surface area contributed by atoms with Gasteiger partial charge in [-0.3, -0.25) is 10.1 Å². The first-order valence-electron chi connectivity index (χ1n) is 3.58. The molecule has 12 heavy (non-hydrogen) atoms. The number of nitrogens with two attached hydrogens (primary N) is 1. The summed E-state index contributed by atoms with van der Waals surface area (Å²) in [6, 6.07) is 3.33. The molecule has 1 aromatic rings. The Bertz CT molecular complexity index is 283. The molecule has 1 heterocycles. The third kappa shape index (κ3) is 2.28. The number of nitro groups is 1. The maximum absolute atomic E-state index is 10.3. The largest absolute Gasteiger partial charge is 0.328 e. The zero-order valence-corrected chi connectivity index (χ0v) is 7.50. The lowest BCUT2D eigenvalue weighted by molar-refractivity contribution is -0.380. The third-order valence-electron chi connectivity index (χ3n) is 1.35. The summed E-state index contributed by atoms with van der Waals surface area (Å²) in [4.78, 5) is 10.9. The van der Waals surface area contributed by atoms with Crippen LogP contribution in [0.1, 0.15) is 11.8 Å². The highest BCUT2D eigenvalue weighted by Crippen LogP contribution is 2.24. The van der Waals surface area contributed by atoms with Gasteiger partial charge in [0.25, 0.3) is 0 Å². The standard InChI is InChI=1S/C7H10N2O2S/c1-5(8)4-6-2-3-7(12-6)9(10)11/h2-3,5H,4,8H2,1H3. The van der Waals surface area contributed by atoms with Gasteiger partial charge in [-0.05, 0) is 19.4 Å². The summed E-state index contributed by atoms with van der Waals surface area (Å²) < 4.78 is 0. The SMILES string of the molecule is CC(N)Cc1ccc([N+](=O)[O-])s1. The lowest BCUT2D eigenvalue weighted by atomic mass is 10.2. The van der Waals surface area contributed by atoms with E-state index in [4.69, 9.17) is 5.73 Å². The van der Waals surface area contributed by atoms with E-state index in [1.807, 2.05) is 6.92 Å². The highest BCUT2D eigenvalue weighted by Gasteiger charge is 2.09. The van der Waals surface area contributed by atoms with Crippen LogP contribution in [-0.4, -0.2) is 11.0 Å². The molecular weight excluding hydrogens is 176 g/mol. The summed E-state index contributed by atoms with van der Waals surface area (Å²) in [5.74, 6) is 0. The van der Waals surface area contributed by atoms with Crippen LogP contribution in [0, 0.1) is 10.1 Å². The molecule has 1 atom stereocenters. The highest BCUT2D eigenvalue weighted by molar-refractivity contribution is 7.15. The van der Waals surface area contributed by atoms with Gasteiger partial charge >= 0.3 is 5.00 Å². The molecule has 2 N–H and O–H groups in total. The van der Waals surface area contributed by atoms with Crippen LogP contribution in [0.4, 0.5) is 5.00 Å². The van der Waals surface area contributed by atoms with Crippen LogP contribution < -0.4 is 5.73 Å². The number of nitrogens with zero attached hydrogens (tertiary/aromatic N) is 1. The van der Waals surface area contributed by atoms with E-state index in [1.165, 1.54) is 17.4 Å². The molecule has 0 aromatic carbocycles. The number of rotatable bonds is 3. The first-order chi connectivity index (χ1) is 5.59. The molecule has 1 unspecified atom stereocenters. The van der Waals surface area contributed by atoms with Crippen molar-refractivity contribution in [3.8, 4) is 0 Å². The second kappa shape index (κ2) is 3.64. The Morgan fingerprint density at radius 1 is 1.75 bits per heavy atom. The van der Waals surface area contributed by atoms with Crippen molar-refractivity contribution in [1.29, 1.82) is 0 Å². The molecular formula is C7H10N2O2S. The zero-order valence-electron chi connectivity index (χ0n) is 6.69. The Balaban J connectivity index is 2.71. The zero-order chi connectivity index (χ0) is 9.14. The van der Waals surface area contributed by atoms with Crippen molar-refractivity contribution < 1.29 is 4.92 Å². The summed E-state index contributed by atoms with van der Waals surface area (Å²) in [5, 5.41) is 10.5. The molecule has 1 aromatic heterocycles.